The maximum absolute atomic E-state index is 12.5. The Morgan fingerprint density at radius 2 is 1.81 bits per heavy atom. The number of carbonyl (C=O) groups excluding carboxylic acids is 1. The highest BCUT2D eigenvalue weighted by atomic mass is 35.5. The number of benzene rings is 2. The van der Waals surface area contributed by atoms with Crippen LogP contribution in [0.5, 0.6) is 11.5 Å². The average molecular weight is 391 g/mol. The molecular formula is C21H27ClN2O3. The van der Waals surface area contributed by atoms with Crippen LogP contribution in [0.4, 0.5) is 5.69 Å². The molecule has 27 heavy (non-hydrogen) atoms. The molecule has 0 spiro atoms. The molecule has 1 aliphatic rings. The zero-order valence-corrected chi connectivity index (χ0v) is 16.6. The number of amides is 1. The van der Waals surface area contributed by atoms with Crippen LogP contribution in [0.3, 0.4) is 0 Å². The van der Waals surface area contributed by atoms with Crippen LogP contribution in [0.2, 0.25) is 0 Å². The molecule has 0 radical (unpaired) electrons. The molecule has 5 nitrogen and oxygen atoms in total. The van der Waals surface area contributed by atoms with Gasteiger partial charge in [-0.05, 0) is 41.7 Å². The first kappa shape index (κ1) is 20.9. The van der Waals surface area contributed by atoms with Gasteiger partial charge in [0.1, 0.15) is 13.2 Å². The first-order chi connectivity index (χ1) is 12.5. The Kier molecular flexibility index (Phi) is 7.36. The molecule has 1 amide bonds. The number of nitrogen functional groups attached to an aromatic ring is 1. The van der Waals surface area contributed by atoms with Crippen molar-refractivity contribution in [3.8, 4) is 11.5 Å². The molecule has 2 aromatic carbocycles. The Labute approximate surface area is 166 Å². The number of nitrogens with one attached hydrogen (secondary N) is 1. The third kappa shape index (κ3) is 5.30. The lowest BCUT2D eigenvalue weighted by atomic mass is 9.95. The molecule has 1 atom stereocenters. The number of fused-ring (bicyclic) bond motifs is 1. The molecule has 3 rings (SSSR count). The molecule has 0 saturated heterocycles. The monoisotopic (exact) mass is 390 g/mol. The van der Waals surface area contributed by atoms with Crippen molar-refractivity contribution in [1.29, 1.82) is 0 Å². The normalized spacial score (nSPS) is 13.6. The molecule has 0 saturated carbocycles. The summed E-state index contributed by atoms with van der Waals surface area (Å²) in [6.07, 6.45) is 1.03. The summed E-state index contributed by atoms with van der Waals surface area (Å²) < 4.78 is 11.2. The van der Waals surface area contributed by atoms with E-state index in [1.807, 2.05) is 42.5 Å². The molecule has 146 valence electrons. The number of rotatable bonds is 6. The Morgan fingerprint density at radius 1 is 1.11 bits per heavy atom. The van der Waals surface area contributed by atoms with E-state index in [0.717, 1.165) is 28.3 Å². The first-order valence-corrected chi connectivity index (χ1v) is 9.07. The van der Waals surface area contributed by atoms with E-state index in [0.29, 0.717) is 26.1 Å². The van der Waals surface area contributed by atoms with Crippen LogP contribution in [0.15, 0.2) is 42.5 Å². The molecule has 1 aliphatic heterocycles. The molecule has 3 N–H and O–H groups in total. The predicted octanol–water partition coefficient (Wildman–Crippen LogP) is 3.91. The van der Waals surface area contributed by atoms with E-state index in [1.165, 1.54) is 0 Å². The van der Waals surface area contributed by atoms with Gasteiger partial charge in [0.15, 0.2) is 11.5 Å². The summed E-state index contributed by atoms with van der Waals surface area (Å²) in [7, 11) is 0. The van der Waals surface area contributed by atoms with Gasteiger partial charge >= 0.3 is 0 Å². The zero-order chi connectivity index (χ0) is 18.5. The van der Waals surface area contributed by atoms with E-state index in [4.69, 9.17) is 15.2 Å². The lowest BCUT2D eigenvalue weighted by molar-refractivity contribution is -0.122. The third-order valence-electron chi connectivity index (χ3n) is 4.58. The Hall–Kier alpha value is -2.40. The first-order valence-electron chi connectivity index (χ1n) is 9.07. The molecule has 0 fully saturated rings. The fourth-order valence-electron chi connectivity index (χ4n) is 3.14. The largest absolute Gasteiger partial charge is 0.486 e. The van der Waals surface area contributed by atoms with Crippen molar-refractivity contribution in [2.75, 3.05) is 18.9 Å². The quantitative estimate of drug-likeness (QED) is 0.733. The van der Waals surface area contributed by atoms with Gasteiger partial charge in [-0.25, -0.2) is 0 Å². The van der Waals surface area contributed by atoms with Crippen molar-refractivity contribution in [2.24, 2.45) is 5.92 Å². The second-order valence-corrected chi connectivity index (χ2v) is 6.89. The highest BCUT2D eigenvalue weighted by Gasteiger charge is 2.21. The van der Waals surface area contributed by atoms with Gasteiger partial charge in [-0.1, -0.05) is 38.1 Å². The summed E-state index contributed by atoms with van der Waals surface area (Å²) in [6.45, 7) is 5.31. The Bertz CT molecular complexity index is 780. The molecule has 1 unspecified atom stereocenters. The van der Waals surface area contributed by atoms with Gasteiger partial charge in [0.25, 0.3) is 0 Å². The zero-order valence-electron chi connectivity index (χ0n) is 15.7. The summed E-state index contributed by atoms with van der Waals surface area (Å²) in [5.41, 5.74) is 8.71. The van der Waals surface area contributed by atoms with Crippen molar-refractivity contribution in [2.45, 2.75) is 32.7 Å². The SMILES string of the molecule is CC(C)C(NC(=O)CCc1ccccc1N)c1ccc2c(c1)OCCO2.Cl. The summed E-state index contributed by atoms with van der Waals surface area (Å²) >= 11 is 0. The highest BCUT2D eigenvalue weighted by molar-refractivity contribution is 5.85. The van der Waals surface area contributed by atoms with Crippen molar-refractivity contribution in [1.82, 2.24) is 5.32 Å². The van der Waals surface area contributed by atoms with Gasteiger partial charge in [-0.15, -0.1) is 12.4 Å². The molecule has 2 aromatic rings. The minimum atomic E-state index is -0.0774. The maximum atomic E-state index is 12.5. The number of hydrogen-bond acceptors (Lipinski definition) is 4. The van der Waals surface area contributed by atoms with Crippen molar-refractivity contribution in [3.05, 3.63) is 53.6 Å². The van der Waals surface area contributed by atoms with Gasteiger partial charge in [0.05, 0.1) is 6.04 Å². The van der Waals surface area contributed by atoms with Gasteiger partial charge in [-0.2, -0.15) is 0 Å². The topological polar surface area (TPSA) is 73.6 Å². The molecule has 6 heteroatoms. The van der Waals surface area contributed by atoms with Crippen LogP contribution >= 0.6 is 12.4 Å². The minimum absolute atomic E-state index is 0. The van der Waals surface area contributed by atoms with E-state index in [-0.39, 0.29) is 30.3 Å². The molecule has 0 aromatic heterocycles. The maximum Gasteiger partial charge on any atom is 0.220 e. The number of halogens is 1. The van der Waals surface area contributed by atoms with Gasteiger partial charge < -0.3 is 20.5 Å². The smallest absolute Gasteiger partial charge is 0.220 e. The third-order valence-corrected chi connectivity index (χ3v) is 4.58. The van der Waals surface area contributed by atoms with Crippen molar-refractivity contribution >= 4 is 24.0 Å². The van der Waals surface area contributed by atoms with E-state index < -0.39 is 0 Å². The second-order valence-electron chi connectivity index (χ2n) is 6.89. The lowest BCUT2D eigenvalue weighted by Gasteiger charge is -2.25. The number of ether oxygens (including phenoxy) is 2. The number of hydrogen-bond donors (Lipinski definition) is 2. The van der Waals surface area contributed by atoms with Crippen LogP contribution in [0.25, 0.3) is 0 Å². The Balaban J connectivity index is 0.00000261. The number of para-hydroxylation sites is 1. The highest BCUT2D eigenvalue weighted by Crippen LogP contribution is 2.34. The minimum Gasteiger partial charge on any atom is -0.486 e. The van der Waals surface area contributed by atoms with Crippen molar-refractivity contribution < 1.29 is 14.3 Å². The van der Waals surface area contributed by atoms with Crippen LogP contribution in [-0.2, 0) is 11.2 Å². The summed E-state index contributed by atoms with van der Waals surface area (Å²) in [6, 6.07) is 13.5. The van der Waals surface area contributed by atoms with Gasteiger partial charge in [0.2, 0.25) is 5.91 Å². The number of carbonyl (C=O) groups is 1. The van der Waals surface area contributed by atoms with Crippen LogP contribution in [-0.4, -0.2) is 19.1 Å². The Morgan fingerprint density at radius 3 is 2.52 bits per heavy atom. The van der Waals surface area contributed by atoms with Crippen LogP contribution in [0.1, 0.15) is 37.4 Å². The van der Waals surface area contributed by atoms with Gasteiger partial charge in [0, 0.05) is 12.1 Å². The molecule has 1 heterocycles. The molecular weight excluding hydrogens is 364 g/mol. The summed E-state index contributed by atoms with van der Waals surface area (Å²) in [5.74, 6) is 1.77. The van der Waals surface area contributed by atoms with E-state index >= 15 is 0 Å². The standard InChI is InChI=1S/C21H26N2O3.ClH/c1-14(2)21(16-7-9-18-19(13-16)26-12-11-25-18)23-20(24)10-8-15-5-3-4-6-17(15)22;/h3-7,9,13-14,21H,8,10-12,22H2,1-2H3,(H,23,24);1H. The molecule has 0 aliphatic carbocycles. The van der Waals surface area contributed by atoms with Gasteiger partial charge in [-0.3, -0.25) is 4.79 Å². The number of aryl methyl sites for hydroxylation is 1. The second kappa shape index (κ2) is 9.51. The van der Waals surface area contributed by atoms with Crippen LogP contribution in [0, 0.1) is 5.92 Å². The van der Waals surface area contributed by atoms with E-state index in [1.54, 1.807) is 0 Å². The fourth-order valence-corrected chi connectivity index (χ4v) is 3.14. The number of anilines is 1. The van der Waals surface area contributed by atoms with Crippen molar-refractivity contribution in [3.63, 3.8) is 0 Å². The summed E-state index contributed by atoms with van der Waals surface area (Å²) in [4.78, 5) is 12.5. The summed E-state index contributed by atoms with van der Waals surface area (Å²) in [5, 5.41) is 3.15. The lowest BCUT2D eigenvalue weighted by Crippen LogP contribution is -2.32. The fraction of sp³-hybridized carbons (Fsp3) is 0.381. The van der Waals surface area contributed by atoms with E-state index in [2.05, 4.69) is 19.2 Å². The molecule has 0 bridgehead atoms. The van der Waals surface area contributed by atoms with Crippen LogP contribution < -0.4 is 20.5 Å². The number of nitrogens with two attached hydrogens (primary N) is 1. The van der Waals surface area contributed by atoms with E-state index in [9.17, 15) is 4.79 Å². The predicted molar refractivity (Wildman–Crippen MR) is 110 cm³/mol. The average Bonchev–Trinajstić information content (AvgIpc) is 2.65.